The van der Waals surface area contributed by atoms with E-state index in [9.17, 15) is 5.11 Å². The first kappa shape index (κ1) is 17.4. The van der Waals surface area contributed by atoms with Gasteiger partial charge in [0.1, 0.15) is 11.5 Å². The van der Waals surface area contributed by atoms with Crippen LogP contribution in [0.3, 0.4) is 0 Å². The first-order valence-electron chi connectivity index (χ1n) is 8.69. The van der Waals surface area contributed by atoms with Gasteiger partial charge in [-0.15, -0.1) is 0 Å². The molecule has 2 aromatic rings. The topological polar surface area (TPSA) is 29.5 Å². The number of rotatable bonds is 10. The van der Waals surface area contributed by atoms with Crippen LogP contribution in [0.2, 0.25) is 0 Å². The molecule has 0 unspecified atom stereocenters. The fourth-order valence-electron chi connectivity index (χ4n) is 2.90. The summed E-state index contributed by atoms with van der Waals surface area (Å²) in [7, 11) is 1.72. The fraction of sp³-hybridized carbons (Fsp3) is 0.429. The predicted molar refractivity (Wildman–Crippen MR) is 96.2 cm³/mol. The number of hydrogen-bond donors (Lipinski definition) is 1. The van der Waals surface area contributed by atoms with Gasteiger partial charge in [0.15, 0.2) is 0 Å². The van der Waals surface area contributed by atoms with Gasteiger partial charge >= 0.3 is 0 Å². The number of aromatic hydroxyl groups is 1. The van der Waals surface area contributed by atoms with E-state index in [4.69, 9.17) is 4.74 Å². The van der Waals surface area contributed by atoms with Gasteiger partial charge in [-0.3, -0.25) is 0 Å². The Hall–Kier alpha value is -1.96. The van der Waals surface area contributed by atoms with Crippen molar-refractivity contribution in [2.75, 3.05) is 7.11 Å². The highest BCUT2D eigenvalue weighted by atomic mass is 16.5. The van der Waals surface area contributed by atoms with E-state index in [1.807, 2.05) is 24.3 Å². The van der Waals surface area contributed by atoms with E-state index in [1.165, 1.54) is 37.7 Å². The monoisotopic (exact) mass is 312 g/mol. The average molecular weight is 312 g/mol. The second kappa shape index (κ2) is 9.94. The van der Waals surface area contributed by atoms with Crippen molar-refractivity contribution in [3.05, 3.63) is 59.7 Å². The highest BCUT2D eigenvalue weighted by Gasteiger charge is 2.00. The fourth-order valence-corrected chi connectivity index (χ4v) is 2.90. The third-order valence-corrected chi connectivity index (χ3v) is 4.29. The summed E-state index contributed by atoms with van der Waals surface area (Å²) in [6.07, 6.45) is 9.63. The summed E-state index contributed by atoms with van der Waals surface area (Å²) in [4.78, 5) is 0. The molecule has 2 rings (SSSR count). The lowest BCUT2D eigenvalue weighted by atomic mass is 10.0. The lowest BCUT2D eigenvalue weighted by Crippen LogP contribution is -1.89. The van der Waals surface area contributed by atoms with Crippen LogP contribution in [-0.4, -0.2) is 12.2 Å². The number of methoxy groups -OCH3 is 1. The largest absolute Gasteiger partial charge is 0.508 e. The number of ether oxygens (including phenoxy) is 1. The van der Waals surface area contributed by atoms with Crippen molar-refractivity contribution in [1.29, 1.82) is 0 Å². The molecule has 0 amide bonds. The lowest BCUT2D eigenvalue weighted by Gasteiger charge is -2.06. The van der Waals surface area contributed by atoms with Crippen molar-refractivity contribution < 1.29 is 9.84 Å². The van der Waals surface area contributed by atoms with Crippen LogP contribution in [0.1, 0.15) is 49.7 Å². The van der Waals surface area contributed by atoms with Crippen molar-refractivity contribution in [1.82, 2.24) is 0 Å². The Kier molecular flexibility index (Phi) is 7.51. The molecule has 2 aromatic carbocycles. The second-order valence-electron chi connectivity index (χ2n) is 6.10. The number of phenolic OH excluding ortho intramolecular Hbond substituents is 1. The molecule has 0 aliphatic rings. The van der Waals surface area contributed by atoms with E-state index in [0.717, 1.165) is 30.6 Å². The quantitative estimate of drug-likeness (QED) is 0.585. The van der Waals surface area contributed by atoms with Crippen LogP contribution in [0.15, 0.2) is 48.5 Å². The Morgan fingerprint density at radius 3 is 2.22 bits per heavy atom. The molecule has 0 radical (unpaired) electrons. The highest BCUT2D eigenvalue weighted by Crippen LogP contribution is 2.19. The second-order valence-corrected chi connectivity index (χ2v) is 6.10. The van der Waals surface area contributed by atoms with Gasteiger partial charge in [-0.2, -0.15) is 0 Å². The van der Waals surface area contributed by atoms with Gasteiger partial charge in [0, 0.05) is 0 Å². The SMILES string of the molecule is COc1cccc(CCCCCCCCc2ccccc2O)c1. The Balaban J connectivity index is 1.52. The van der Waals surface area contributed by atoms with Crippen LogP contribution in [0.5, 0.6) is 11.5 Å². The minimum atomic E-state index is 0.436. The molecule has 1 N–H and O–H groups in total. The Morgan fingerprint density at radius 1 is 0.783 bits per heavy atom. The van der Waals surface area contributed by atoms with Gasteiger partial charge < -0.3 is 9.84 Å². The van der Waals surface area contributed by atoms with Crippen molar-refractivity contribution in [2.24, 2.45) is 0 Å². The van der Waals surface area contributed by atoms with Crippen molar-refractivity contribution >= 4 is 0 Å². The van der Waals surface area contributed by atoms with E-state index in [-0.39, 0.29) is 0 Å². The first-order valence-corrected chi connectivity index (χ1v) is 8.69. The molecule has 0 atom stereocenters. The molecule has 0 spiro atoms. The van der Waals surface area contributed by atoms with Crippen LogP contribution in [0, 0.1) is 0 Å². The minimum Gasteiger partial charge on any atom is -0.508 e. The molecule has 0 aliphatic carbocycles. The number of phenols is 1. The molecule has 0 bridgehead atoms. The average Bonchev–Trinajstić information content (AvgIpc) is 2.59. The van der Waals surface area contributed by atoms with Gasteiger partial charge in [0.05, 0.1) is 7.11 Å². The number of unbranched alkanes of at least 4 members (excludes halogenated alkanes) is 5. The van der Waals surface area contributed by atoms with Gasteiger partial charge in [-0.1, -0.05) is 56.0 Å². The third-order valence-electron chi connectivity index (χ3n) is 4.29. The maximum absolute atomic E-state index is 9.72. The molecule has 0 saturated heterocycles. The van der Waals surface area contributed by atoms with E-state index >= 15 is 0 Å². The summed E-state index contributed by atoms with van der Waals surface area (Å²) in [6, 6.07) is 16.0. The molecule has 0 heterocycles. The zero-order valence-corrected chi connectivity index (χ0v) is 14.1. The van der Waals surface area contributed by atoms with Crippen LogP contribution in [0.25, 0.3) is 0 Å². The van der Waals surface area contributed by atoms with E-state index < -0.39 is 0 Å². The van der Waals surface area contributed by atoms with E-state index in [0.29, 0.717) is 5.75 Å². The van der Waals surface area contributed by atoms with Gasteiger partial charge in [0.2, 0.25) is 0 Å². The first-order chi connectivity index (χ1) is 11.3. The molecule has 0 aromatic heterocycles. The molecule has 2 nitrogen and oxygen atoms in total. The number of hydrogen-bond acceptors (Lipinski definition) is 2. The molecule has 124 valence electrons. The smallest absolute Gasteiger partial charge is 0.119 e. The van der Waals surface area contributed by atoms with Crippen LogP contribution in [-0.2, 0) is 12.8 Å². The zero-order chi connectivity index (χ0) is 16.3. The summed E-state index contributed by atoms with van der Waals surface area (Å²) in [5, 5.41) is 9.72. The van der Waals surface area contributed by atoms with Crippen LogP contribution < -0.4 is 4.74 Å². The third kappa shape index (κ3) is 6.35. The molecule has 2 heteroatoms. The Morgan fingerprint density at radius 2 is 1.48 bits per heavy atom. The molecule has 0 fully saturated rings. The Bertz CT molecular complexity index is 578. The van der Waals surface area contributed by atoms with Crippen LogP contribution in [0.4, 0.5) is 0 Å². The van der Waals surface area contributed by atoms with E-state index in [1.54, 1.807) is 13.2 Å². The Labute approximate surface area is 140 Å². The highest BCUT2D eigenvalue weighted by molar-refractivity contribution is 5.31. The summed E-state index contributed by atoms with van der Waals surface area (Å²) >= 11 is 0. The summed E-state index contributed by atoms with van der Waals surface area (Å²) in [5.41, 5.74) is 2.44. The number of aryl methyl sites for hydroxylation is 2. The van der Waals surface area contributed by atoms with Crippen molar-refractivity contribution in [3.8, 4) is 11.5 Å². The van der Waals surface area contributed by atoms with Gasteiger partial charge in [-0.05, 0) is 55.0 Å². The normalized spacial score (nSPS) is 10.7. The summed E-state index contributed by atoms with van der Waals surface area (Å²) < 4.78 is 5.25. The van der Waals surface area contributed by atoms with Crippen LogP contribution >= 0.6 is 0 Å². The van der Waals surface area contributed by atoms with Crippen molar-refractivity contribution in [2.45, 2.75) is 51.4 Å². The molecular weight excluding hydrogens is 284 g/mol. The molecule has 0 aliphatic heterocycles. The lowest BCUT2D eigenvalue weighted by molar-refractivity contribution is 0.414. The molecule has 0 saturated carbocycles. The van der Waals surface area contributed by atoms with Gasteiger partial charge in [0.25, 0.3) is 0 Å². The van der Waals surface area contributed by atoms with Gasteiger partial charge in [-0.25, -0.2) is 0 Å². The maximum Gasteiger partial charge on any atom is 0.119 e. The predicted octanol–water partition coefficient (Wildman–Crippen LogP) is 5.53. The van der Waals surface area contributed by atoms with Crippen molar-refractivity contribution in [3.63, 3.8) is 0 Å². The number of benzene rings is 2. The maximum atomic E-state index is 9.72. The minimum absolute atomic E-state index is 0.436. The molecule has 23 heavy (non-hydrogen) atoms. The summed E-state index contributed by atoms with van der Waals surface area (Å²) in [5.74, 6) is 1.39. The zero-order valence-electron chi connectivity index (χ0n) is 14.1. The summed E-state index contributed by atoms with van der Waals surface area (Å²) in [6.45, 7) is 0. The standard InChI is InChI=1S/C21H28O2/c1-23-20-15-10-12-18(17-20)11-6-4-2-3-5-7-13-19-14-8-9-16-21(19)22/h8-10,12,14-17,22H,2-7,11,13H2,1H3. The van der Waals surface area contributed by atoms with E-state index in [2.05, 4.69) is 18.2 Å². The molecular formula is C21H28O2. The number of para-hydroxylation sites is 1.